The third-order valence-corrected chi connectivity index (χ3v) is 9.38. The van der Waals surface area contributed by atoms with Gasteiger partial charge in [0.1, 0.15) is 0 Å². The van der Waals surface area contributed by atoms with E-state index >= 15 is 0 Å². The summed E-state index contributed by atoms with van der Waals surface area (Å²) in [5.41, 5.74) is 8.67. The van der Waals surface area contributed by atoms with Gasteiger partial charge in [-0.25, -0.2) is 26.4 Å². The van der Waals surface area contributed by atoms with Crippen LogP contribution in [0.15, 0.2) is 185 Å². The average Bonchev–Trinajstić information content (AvgIpc) is 3.14. The summed E-state index contributed by atoms with van der Waals surface area (Å²) in [5.74, 6) is 0. The lowest BCUT2D eigenvalue weighted by Crippen LogP contribution is -2.19. The maximum Gasteiger partial charge on any atom is 0.323 e. The zero-order valence-corrected chi connectivity index (χ0v) is 29.1. The summed E-state index contributed by atoms with van der Waals surface area (Å²) in [7, 11) is -7.22. The summed E-state index contributed by atoms with van der Waals surface area (Å²) >= 11 is 0. The quantitative estimate of drug-likeness (QED) is 0.0568. The van der Waals surface area contributed by atoms with Gasteiger partial charge in [0.25, 0.3) is 20.0 Å². The lowest BCUT2D eigenvalue weighted by Gasteiger charge is -2.11. The summed E-state index contributed by atoms with van der Waals surface area (Å²) in [4.78, 5) is 25.5. The van der Waals surface area contributed by atoms with Crippen molar-refractivity contribution in [1.29, 1.82) is 0 Å². The minimum atomic E-state index is -3.69. The van der Waals surface area contributed by atoms with Crippen LogP contribution in [-0.2, 0) is 24.8 Å². The number of para-hydroxylation sites is 2. The smallest absolute Gasteiger partial charge is 0.323 e. The molecule has 0 fully saturated rings. The standard InChI is InChI=1S/C19H17N3O3S.C12H12N2O2S.C7H5NO/c23-19(20-15-8-3-1-4-9-15)21-16-10-7-11-17(14-16)22-26(24,25)18-12-5-2-6-13-18;13-10-5-4-6-11(9-10)14-17(15,16)12-7-2-1-3-8-12;9-6-8-7-4-2-1-3-5-7/h1-14,22H,(H2,20,21,23);1-9,14H,13H2;1-5H. The number of nitrogens with two attached hydrogens (primary N) is 1. The Morgan fingerprint density at radius 2 is 0.904 bits per heavy atom. The normalized spacial score (nSPS) is 10.4. The van der Waals surface area contributed by atoms with Crippen molar-refractivity contribution in [3.8, 4) is 0 Å². The molecule has 0 aromatic heterocycles. The monoisotopic (exact) mass is 734 g/mol. The van der Waals surface area contributed by atoms with Crippen LogP contribution in [-0.4, -0.2) is 28.9 Å². The van der Waals surface area contributed by atoms with Gasteiger partial charge in [0.05, 0.1) is 26.9 Å². The highest BCUT2D eigenvalue weighted by Crippen LogP contribution is 2.20. The number of aliphatic imine (C=N–C) groups is 1. The number of nitrogens with one attached hydrogen (secondary N) is 4. The van der Waals surface area contributed by atoms with Gasteiger partial charge in [0, 0.05) is 17.1 Å². The Hall–Kier alpha value is -6.73. The molecule has 0 aliphatic carbocycles. The summed E-state index contributed by atoms with van der Waals surface area (Å²) in [6.07, 6.45) is 1.46. The van der Waals surface area contributed by atoms with E-state index in [1.807, 2.05) is 36.4 Å². The van der Waals surface area contributed by atoms with E-state index in [2.05, 4.69) is 25.1 Å². The number of nitrogens with zero attached hydrogens (tertiary/aromatic N) is 1. The van der Waals surface area contributed by atoms with E-state index in [4.69, 9.17) is 5.73 Å². The molecule has 0 heterocycles. The van der Waals surface area contributed by atoms with Crippen molar-refractivity contribution in [2.75, 3.05) is 25.8 Å². The molecule has 12 nitrogen and oxygen atoms in total. The van der Waals surface area contributed by atoms with Crippen LogP contribution in [0.1, 0.15) is 0 Å². The molecule has 14 heteroatoms. The van der Waals surface area contributed by atoms with Crippen LogP contribution >= 0.6 is 0 Å². The first-order chi connectivity index (χ1) is 25.0. The number of carbonyl (C=O) groups excluding carboxylic acids is 2. The van der Waals surface area contributed by atoms with Crippen molar-refractivity contribution in [2.24, 2.45) is 4.99 Å². The van der Waals surface area contributed by atoms with Gasteiger partial charge in [0.15, 0.2) is 0 Å². The molecule has 6 N–H and O–H groups in total. The highest BCUT2D eigenvalue weighted by atomic mass is 32.2. The molecule has 6 aromatic rings. The van der Waals surface area contributed by atoms with Crippen LogP contribution in [0.25, 0.3) is 0 Å². The van der Waals surface area contributed by atoms with Gasteiger partial charge < -0.3 is 16.4 Å². The number of nitrogen functional groups attached to an aromatic ring is 1. The summed E-state index contributed by atoms with van der Waals surface area (Å²) in [6, 6.07) is 46.9. The van der Waals surface area contributed by atoms with E-state index in [1.54, 1.807) is 109 Å². The largest absolute Gasteiger partial charge is 0.399 e. The predicted molar refractivity (Wildman–Crippen MR) is 205 cm³/mol. The van der Waals surface area contributed by atoms with Crippen molar-refractivity contribution >= 4 is 66.3 Å². The summed E-state index contributed by atoms with van der Waals surface area (Å²) in [5, 5.41) is 5.37. The van der Waals surface area contributed by atoms with Crippen LogP contribution in [0.2, 0.25) is 0 Å². The number of hydrogen-bond donors (Lipinski definition) is 5. The lowest BCUT2D eigenvalue weighted by atomic mass is 10.3. The van der Waals surface area contributed by atoms with Crippen molar-refractivity contribution in [2.45, 2.75) is 9.79 Å². The molecule has 0 aliphatic rings. The maximum atomic E-state index is 12.4. The van der Waals surface area contributed by atoms with Gasteiger partial charge in [-0.1, -0.05) is 84.9 Å². The fourth-order valence-corrected chi connectivity index (χ4v) is 6.40. The van der Waals surface area contributed by atoms with Crippen molar-refractivity contribution in [3.63, 3.8) is 0 Å². The summed E-state index contributed by atoms with van der Waals surface area (Å²) < 4.78 is 53.6. The fraction of sp³-hybridized carbons (Fsp3) is 0. The Morgan fingerprint density at radius 3 is 1.40 bits per heavy atom. The highest BCUT2D eigenvalue weighted by Gasteiger charge is 2.14. The number of benzene rings is 6. The van der Waals surface area contributed by atoms with E-state index in [9.17, 15) is 26.4 Å². The van der Waals surface area contributed by atoms with Crippen LogP contribution in [0.4, 0.5) is 38.9 Å². The molecule has 0 saturated heterocycles. The van der Waals surface area contributed by atoms with Crippen molar-refractivity contribution in [1.82, 2.24) is 0 Å². The second kappa shape index (κ2) is 18.9. The molecule has 6 aromatic carbocycles. The van der Waals surface area contributed by atoms with Gasteiger partial charge in [0.2, 0.25) is 6.08 Å². The molecular weight excluding hydrogens is 701 g/mol. The molecule has 0 bridgehead atoms. The van der Waals surface area contributed by atoms with Gasteiger partial charge in [-0.05, 0) is 84.9 Å². The summed E-state index contributed by atoms with van der Waals surface area (Å²) in [6.45, 7) is 0. The second-order valence-electron chi connectivity index (χ2n) is 10.5. The molecular formula is C38H34N6O6S2. The first-order valence-corrected chi connectivity index (χ1v) is 18.4. The Bertz CT molecular complexity index is 2310. The predicted octanol–water partition coefficient (Wildman–Crippen LogP) is 7.85. The van der Waals surface area contributed by atoms with Crippen LogP contribution in [0.3, 0.4) is 0 Å². The number of sulfonamides is 2. The van der Waals surface area contributed by atoms with E-state index in [0.29, 0.717) is 34.1 Å². The SMILES string of the molecule is Nc1cccc(NS(=O)(=O)c2ccccc2)c1.O=C(Nc1ccccc1)Nc1cccc(NS(=O)(=O)c2ccccc2)c1.O=C=Nc1ccccc1. The third-order valence-electron chi connectivity index (χ3n) is 6.58. The number of urea groups is 1. The lowest BCUT2D eigenvalue weighted by molar-refractivity contribution is 0.262. The van der Waals surface area contributed by atoms with E-state index in [0.717, 1.165) is 0 Å². The zero-order chi connectivity index (χ0) is 37.2. The minimum Gasteiger partial charge on any atom is -0.399 e. The number of rotatable bonds is 9. The molecule has 0 radical (unpaired) electrons. The van der Waals surface area contributed by atoms with Crippen molar-refractivity contribution < 1.29 is 26.4 Å². The van der Waals surface area contributed by atoms with Crippen LogP contribution in [0.5, 0.6) is 0 Å². The fourth-order valence-electron chi connectivity index (χ4n) is 4.26. The molecule has 0 spiro atoms. The van der Waals surface area contributed by atoms with Gasteiger partial charge >= 0.3 is 6.03 Å². The third kappa shape index (κ3) is 12.6. The van der Waals surface area contributed by atoms with E-state index in [1.165, 1.54) is 30.3 Å². The molecule has 6 rings (SSSR count). The minimum absolute atomic E-state index is 0.167. The topological polar surface area (TPSA) is 189 Å². The Morgan fingerprint density at radius 1 is 0.500 bits per heavy atom. The molecule has 0 unspecified atom stereocenters. The van der Waals surface area contributed by atoms with Gasteiger partial charge in [-0.15, -0.1) is 0 Å². The van der Waals surface area contributed by atoms with Gasteiger partial charge in [-0.3, -0.25) is 9.44 Å². The van der Waals surface area contributed by atoms with Crippen LogP contribution in [0, 0.1) is 0 Å². The number of isocyanates is 1. The Kier molecular flexibility index (Phi) is 13.8. The second-order valence-corrected chi connectivity index (χ2v) is 13.9. The molecule has 52 heavy (non-hydrogen) atoms. The van der Waals surface area contributed by atoms with E-state index in [-0.39, 0.29) is 9.79 Å². The Labute approximate surface area is 302 Å². The first-order valence-electron chi connectivity index (χ1n) is 15.4. The number of amides is 2. The number of hydrogen-bond acceptors (Lipinski definition) is 8. The van der Waals surface area contributed by atoms with E-state index < -0.39 is 26.1 Å². The zero-order valence-electron chi connectivity index (χ0n) is 27.5. The number of carbonyl (C=O) groups is 1. The Balaban J connectivity index is 0.000000198. The maximum absolute atomic E-state index is 12.4. The van der Waals surface area contributed by atoms with Crippen molar-refractivity contribution in [3.05, 3.63) is 170 Å². The molecule has 264 valence electrons. The molecule has 0 saturated carbocycles. The average molecular weight is 735 g/mol. The van der Waals surface area contributed by atoms with Gasteiger partial charge in [-0.2, -0.15) is 4.99 Å². The first kappa shape index (κ1) is 38.1. The highest BCUT2D eigenvalue weighted by molar-refractivity contribution is 7.93. The molecule has 0 aliphatic heterocycles. The number of anilines is 5. The molecule has 0 atom stereocenters. The van der Waals surface area contributed by atoms with Crippen LogP contribution < -0.4 is 25.8 Å². The molecule has 2 amide bonds.